The van der Waals surface area contributed by atoms with E-state index in [-0.39, 0.29) is 18.2 Å². The van der Waals surface area contributed by atoms with Crippen LogP contribution in [0.15, 0.2) is 24.3 Å². The molecule has 0 aromatic heterocycles. The molecule has 3 heterocycles. The second kappa shape index (κ2) is 5.82. The lowest BCUT2D eigenvalue weighted by molar-refractivity contribution is -0.141. The number of fused-ring (bicyclic) bond motifs is 1. The van der Waals surface area contributed by atoms with Gasteiger partial charge in [-0.3, -0.25) is 9.59 Å². The van der Waals surface area contributed by atoms with Crippen molar-refractivity contribution in [3.05, 3.63) is 24.3 Å². The zero-order valence-electron chi connectivity index (χ0n) is 12.7. The van der Waals surface area contributed by atoms with E-state index in [0.717, 1.165) is 13.2 Å². The van der Waals surface area contributed by atoms with Gasteiger partial charge in [0.1, 0.15) is 5.75 Å². The van der Waals surface area contributed by atoms with Gasteiger partial charge in [0.25, 0.3) is 5.91 Å². The third kappa shape index (κ3) is 2.89. The number of ether oxygens (including phenoxy) is 2. The van der Waals surface area contributed by atoms with Crippen LogP contribution in [0, 0.1) is 0 Å². The van der Waals surface area contributed by atoms with Crippen LogP contribution in [-0.4, -0.2) is 61.2 Å². The van der Waals surface area contributed by atoms with E-state index in [0.29, 0.717) is 36.6 Å². The molecule has 4 rings (SSSR count). The molecule has 2 saturated heterocycles. The van der Waals surface area contributed by atoms with Crippen molar-refractivity contribution in [2.75, 3.05) is 31.6 Å². The molecule has 1 aromatic carbocycles. The zero-order chi connectivity index (χ0) is 15.8. The van der Waals surface area contributed by atoms with Crippen molar-refractivity contribution in [1.82, 2.24) is 10.2 Å². The number of para-hydroxylation sites is 2. The molecule has 23 heavy (non-hydrogen) atoms. The molecule has 0 radical (unpaired) electrons. The molecule has 0 bridgehead atoms. The lowest BCUT2D eigenvalue weighted by Gasteiger charge is -2.43. The Balaban J connectivity index is 1.29. The molecule has 2 N–H and O–H groups in total. The van der Waals surface area contributed by atoms with Crippen molar-refractivity contribution in [3.63, 3.8) is 0 Å². The second-order valence-electron chi connectivity index (χ2n) is 6.19. The van der Waals surface area contributed by atoms with Crippen molar-refractivity contribution < 1.29 is 19.1 Å². The summed E-state index contributed by atoms with van der Waals surface area (Å²) in [7, 11) is 0. The predicted octanol–water partition coefficient (Wildman–Crippen LogP) is -0.0246. The third-order valence-electron chi connectivity index (χ3n) is 4.41. The second-order valence-corrected chi connectivity index (χ2v) is 6.19. The number of anilines is 1. The molecule has 1 aromatic rings. The first kappa shape index (κ1) is 14.5. The third-order valence-corrected chi connectivity index (χ3v) is 4.41. The van der Waals surface area contributed by atoms with Gasteiger partial charge in [0.2, 0.25) is 5.91 Å². The summed E-state index contributed by atoms with van der Waals surface area (Å²) in [6, 6.07) is 7.98. The van der Waals surface area contributed by atoms with Gasteiger partial charge in [-0.2, -0.15) is 0 Å². The minimum Gasteiger partial charge on any atom is -0.478 e. The summed E-state index contributed by atoms with van der Waals surface area (Å²) < 4.78 is 10.8. The number of hydrogen-bond donors (Lipinski definition) is 2. The SMILES string of the molecule is O=C1Nc2ccccc2OC1CC(=O)N1CC(NC2COC2)C1. The molecular weight excluding hydrogens is 298 g/mol. The maximum atomic E-state index is 12.3. The molecule has 3 aliphatic rings. The van der Waals surface area contributed by atoms with Gasteiger partial charge in [-0.05, 0) is 12.1 Å². The van der Waals surface area contributed by atoms with Gasteiger partial charge < -0.3 is 25.0 Å². The average molecular weight is 317 g/mol. The molecule has 1 atom stereocenters. The van der Waals surface area contributed by atoms with Gasteiger partial charge in [-0.25, -0.2) is 0 Å². The Labute approximate surface area is 133 Å². The van der Waals surface area contributed by atoms with E-state index in [1.54, 1.807) is 17.0 Å². The Bertz CT molecular complexity index is 626. The Morgan fingerprint density at radius 2 is 2.04 bits per heavy atom. The highest BCUT2D eigenvalue weighted by Crippen LogP contribution is 2.30. The lowest BCUT2D eigenvalue weighted by atomic mass is 10.0. The predicted molar refractivity (Wildman–Crippen MR) is 82.2 cm³/mol. The van der Waals surface area contributed by atoms with Crippen LogP contribution in [0.2, 0.25) is 0 Å². The van der Waals surface area contributed by atoms with Crippen LogP contribution in [0.5, 0.6) is 5.75 Å². The average Bonchev–Trinajstić information content (AvgIpc) is 2.44. The molecule has 0 spiro atoms. The fraction of sp³-hybridized carbons (Fsp3) is 0.500. The van der Waals surface area contributed by atoms with Crippen molar-refractivity contribution in [1.29, 1.82) is 0 Å². The fourth-order valence-electron chi connectivity index (χ4n) is 2.97. The van der Waals surface area contributed by atoms with Crippen molar-refractivity contribution in [3.8, 4) is 5.75 Å². The largest absolute Gasteiger partial charge is 0.478 e. The summed E-state index contributed by atoms with van der Waals surface area (Å²) in [5.74, 6) is 0.296. The number of hydrogen-bond acceptors (Lipinski definition) is 5. The standard InChI is InChI=1S/C16H19N3O4/c20-15(19-6-10(7-19)17-11-8-22-9-11)5-14-16(21)18-12-3-1-2-4-13(12)23-14/h1-4,10-11,14,17H,5-9H2,(H,18,21). The first-order valence-corrected chi connectivity index (χ1v) is 7.87. The van der Waals surface area contributed by atoms with Gasteiger partial charge in [0, 0.05) is 19.1 Å². The Morgan fingerprint density at radius 1 is 1.26 bits per heavy atom. The molecule has 0 aliphatic carbocycles. The van der Waals surface area contributed by atoms with E-state index in [1.807, 2.05) is 12.1 Å². The van der Waals surface area contributed by atoms with E-state index in [2.05, 4.69) is 10.6 Å². The van der Waals surface area contributed by atoms with Crippen LogP contribution >= 0.6 is 0 Å². The highest BCUT2D eigenvalue weighted by atomic mass is 16.5. The maximum Gasteiger partial charge on any atom is 0.266 e. The van der Waals surface area contributed by atoms with E-state index in [1.165, 1.54) is 0 Å². The fourth-order valence-corrected chi connectivity index (χ4v) is 2.97. The molecule has 3 aliphatic heterocycles. The molecule has 7 nitrogen and oxygen atoms in total. The van der Waals surface area contributed by atoms with Gasteiger partial charge in [-0.1, -0.05) is 12.1 Å². The number of carbonyl (C=O) groups excluding carboxylic acids is 2. The molecule has 2 amide bonds. The zero-order valence-corrected chi connectivity index (χ0v) is 12.7. The summed E-state index contributed by atoms with van der Waals surface area (Å²) in [6.45, 7) is 2.86. The lowest BCUT2D eigenvalue weighted by Crippen LogP contribution is -2.64. The van der Waals surface area contributed by atoms with E-state index in [4.69, 9.17) is 9.47 Å². The van der Waals surface area contributed by atoms with E-state index >= 15 is 0 Å². The first-order chi connectivity index (χ1) is 11.2. The summed E-state index contributed by atoms with van der Waals surface area (Å²) >= 11 is 0. The van der Waals surface area contributed by atoms with Gasteiger partial charge in [-0.15, -0.1) is 0 Å². The molecule has 0 saturated carbocycles. The van der Waals surface area contributed by atoms with E-state index < -0.39 is 6.10 Å². The van der Waals surface area contributed by atoms with Crippen LogP contribution in [0.1, 0.15) is 6.42 Å². The summed E-state index contributed by atoms with van der Waals surface area (Å²) in [4.78, 5) is 26.1. The van der Waals surface area contributed by atoms with Gasteiger partial charge in [0.15, 0.2) is 6.10 Å². The quantitative estimate of drug-likeness (QED) is 0.815. The van der Waals surface area contributed by atoms with Crippen LogP contribution in [-0.2, 0) is 14.3 Å². The van der Waals surface area contributed by atoms with Crippen LogP contribution < -0.4 is 15.4 Å². The van der Waals surface area contributed by atoms with E-state index in [9.17, 15) is 9.59 Å². The first-order valence-electron chi connectivity index (χ1n) is 7.87. The Kier molecular flexibility index (Phi) is 3.66. The molecule has 1 unspecified atom stereocenters. The minimum absolute atomic E-state index is 0.0487. The van der Waals surface area contributed by atoms with Crippen LogP contribution in [0.3, 0.4) is 0 Å². The Hall–Kier alpha value is -2.12. The monoisotopic (exact) mass is 317 g/mol. The number of nitrogens with one attached hydrogen (secondary N) is 2. The number of nitrogens with zero attached hydrogens (tertiary/aromatic N) is 1. The normalized spacial score (nSPS) is 24.1. The topological polar surface area (TPSA) is 79.9 Å². The number of likely N-dealkylation sites (tertiary alicyclic amines) is 1. The number of rotatable bonds is 4. The molecule has 2 fully saturated rings. The highest BCUT2D eigenvalue weighted by molar-refractivity contribution is 6.00. The number of benzene rings is 1. The maximum absolute atomic E-state index is 12.3. The molecule has 122 valence electrons. The van der Waals surface area contributed by atoms with Crippen LogP contribution in [0.25, 0.3) is 0 Å². The van der Waals surface area contributed by atoms with Crippen molar-refractivity contribution in [2.24, 2.45) is 0 Å². The summed E-state index contributed by atoms with van der Waals surface area (Å²) in [5, 5.41) is 6.21. The highest BCUT2D eigenvalue weighted by Gasteiger charge is 2.37. The molecule has 7 heteroatoms. The molecular formula is C16H19N3O4. The number of carbonyl (C=O) groups is 2. The van der Waals surface area contributed by atoms with Crippen molar-refractivity contribution in [2.45, 2.75) is 24.6 Å². The van der Waals surface area contributed by atoms with Gasteiger partial charge >= 0.3 is 0 Å². The summed E-state index contributed by atoms with van der Waals surface area (Å²) in [6.07, 6.45) is -0.691. The number of amides is 2. The van der Waals surface area contributed by atoms with Crippen LogP contribution in [0.4, 0.5) is 5.69 Å². The summed E-state index contributed by atoms with van der Waals surface area (Å²) in [5.41, 5.74) is 0.650. The van der Waals surface area contributed by atoms with Crippen molar-refractivity contribution >= 4 is 17.5 Å². The minimum atomic E-state index is -0.760. The smallest absolute Gasteiger partial charge is 0.266 e. The van der Waals surface area contributed by atoms with Gasteiger partial charge in [0.05, 0.1) is 31.4 Å². The Morgan fingerprint density at radius 3 is 2.78 bits per heavy atom.